The van der Waals surface area contributed by atoms with E-state index >= 15 is 0 Å². The van der Waals surface area contributed by atoms with Crippen molar-refractivity contribution in [2.24, 2.45) is 0 Å². The number of halogens is 1. The van der Waals surface area contributed by atoms with Gasteiger partial charge in [-0.2, -0.15) is 0 Å². The summed E-state index contributed by atoms with van der Waals surface area (Å²) in [7, 11) is 0. The highest BCUT2D eigenvalue weighted by Gasteiger charge is 2.14. The highest BCUT2D eigenvalue weighted by atomic mass is 79.9. The minimum atomic E-state index is 0.899. The molecule has 0 spiro atoms. The summed E-state index contributed by atoms with van der Waals surface area (Å²) in [6.45, 7) is 0.899. The lowest BCUT2D eigenvalue weighted by Gasteiger charge is -2.04. The van der Waals surface area contributed by atoms with Crippen molar-refractivity contribution in [1.29, 1.82) is 0 Å². The molecular weight excluding hydrogens is 296 g/mol. The van der Waals surface area contributed by atoms with E-state index in [9.17, 15) is 0 Å². The molecule has 3 rings (SSSR count). The van der Waals surface area contributed by atoms with Crippen LogP contribution in [0.4, 0.5) is 5.69 Å². The summed E-state index contributed by atoms with van der Waals surface area (Å²) in [4.78, 5) is 7.16. The number of hydrogen-bond acceptors (Lipinski definition) is 3. The third-order valence-corrected chi connectivity index (χ3v) is 4.64. The first-order valence-electron chi connectivity index (χ1n) is 5.76. The van der Waals surface area contributed by atoms with Crippen molar-refractivity contribution < 1.29 is 0 Å². The van der Waals surface area contributed by atoms with Crippen molar-refractivity contribution in [3.05, 3.63) is 44.3 Å². The summed E-state index contributed by atoms with van der Waals surface area (Å²) < 4.78 is 1.01. The number of nitrogens with one attached hydrogen (secondary N) is 1. The Morgan fingerprint density at radius 1 is 1.29 bits per heavy atom. The molecule has 0 aromatic carbocycles. The highest BCUT2D eigenvalue weighted by molar-refractivity contribution is 9.10. The van der Waals surface area contributed by atoms with E-state index in [1.165, 1.54) is 24.1 Å². The van der Waals surface area contributed by atoms with Crippen molar-refractivity contribution in [1.82, 2.24) is 4.98 Å². The lowest BCUT2D eigenvalue weighted by Crippen LogP contribution is -1.97. The number of nitrogens with zero attached hydrogens (tertiary/aromatic N) is 1. The van der Waals surface area contributed by atoms with Crippen LogP contribution in [0.15, 0.2) is 29.0 Å². The van der Waals surface area contributed by atoms with Gasteiger partial charge >= 0.3 is 0 Å². The van der Waals surface area contributed by atoms with Crippen LogP contribution in [0.25, 0.3) is 0 Å². The average Bonchev–Trinajstić information content (AvgIpc) is 2.86. The van der Waals surface area contributed by atoms with Gasteiger partial charge in [-0.05, 0) is 52.9 Å². The number of anilines is 1. The Morgan fingerprint density at radius 3 is 3.06 bits per heavy atom. The minimum absolute atomic E-state index is 0.899. The smallest absolute Gasteiger partial charge is 0.0540 e. The van der Waals surface area contributed by atoms with Gasteiger partial charge < -0.3 is 5.32 Å². The van der Waals surface area contributed by atoms with Crippen molar-refractivity contribution in [2.45, 2.75) is 25.8 Å². The fraction of sp³-hybridized carbons (Fsp3) is 0.308. The molecule has 0 bridgehead atoms. The molecule has 1 aliphatic rings. The number of pyridine rings is 1. The maximum atomic E-state index is 4.14. The molecule has 2 heterocycles. The first-order valence-corrected chi connectivity index (χ1v) is 7.37. The van der Waals surface area contributed by atoms with Gasteiger partial charge in [0.15, 0.2) is 0 Å². The van der Waals surface area contributed by atoms with E-state index in [2.05, 4.69) is 32.3 Å². The molecule has 0 unspecified atom stereocenters. The van der Waals surface area contributed by atoms with Crippen molar-refractivity contribution in [3.8, 4) is 0 Å². The van der Waals surface area contributed by atoms with Gasteiger partial charge in [0, 0.05) is 27.0 Å². The van der Waals surface area contributed by atoms with Crippen molar-refractivity contribution in [3.63, 3.8) is 0 Å². The Hall–Kier alpha value is -0.870. The van der Waals surface area contributed by atoms with E-state index in [-0.39, 0.29) is 0 Å². The van der Waals surface area contributed by atoms with Crippen LogP contribution >= 0.6 is 27.3 Å². The number of rotatable bonds is 3. The zero-order valence-electron chi connectivity index (χ0n) is 9.37. The van der Waals surface area contributed by atoms with E-state index in [0.29, 0.717) is 0 Å². The number of hydrogen-bond donors (Lipinski definition) is 1. The Morgan fingerprint density at radius 2 is 2.24 bits per heavy atom. The largest absolute Gasteiger partial charge is 0.379 e. The van der Waals surface area contributed by atoms with Gasteiger partial charge in [0.25, 0.3) is 0 Å². The summed E-state index contributed by atoms with van der Waals surface area (Å²) in [5.41, 5.74) is 2.63. The third kappa shape index (κ3) is 2.53. The van der Waals surface area contributed by atoms with Crippen molar-refractivity contribution >= 4 is 33.0 Å². The third-order valence-electron chi connectivity index (χ3n) is 2.97. The topological polar surface area (TPSA) is 24.9 Å². The number of aryl methyl sites for hydroxylation is 2. The number of thiophene rings is 1. The molecule has 0 aliphatic heterocycles. The molecule has 0 radical (unpaired) electrons. The Balaban J connectivity index is 1.67. The normalized spacial score (nSPS) is 13.7. The van der Waals surface area contributed by atoms with Gasteiger partial charge in [0.05, 0.1) is 11.9 Å². The van der Waals surface area contributed by atoms with Gasteiger partial charge in [-0.1, -0.05) is 0 Å². The Labute approximate surface area is 113 Å². The summed E-state index contributed by atoms with van der Waals surface area (Å²) in [6, 6.07) is 4.40. The van der Waals surface area contributed by atoms with Gasteiger partial charge in [-0.3, -0.25) is 4.98 Å². The van der Waals surface area contributed by atoms with E-state index < -0.39 is 0 Å². The molecule has 2 aromatic heterocycles. The first kappa shape index (κ1) is 11.2. The molecule has 88 valence electrons. The van der Waals surface area contributed by atoms with Crippen LogP contribution in [0.1, 0.15) is 21.7 Å². The van der Waals surface area contributed by atoms with Crippen LogP contribution in [-0.2, 0) is 19.4 Å². The molecule has 1 N–H and O–H groups in total. The zero-order chi connectivity index (χ0) is 11.7. The second kappa shape index (κ2) is 4.78. The maximum Gasteiger partial charge on any atom is 0.0540 e. The van der Waals surface area contributed by atoms with Crippen LogP contribution in [0.5, 0.6) is 0 Å². The summed E-state index contributed by atoms with van der Waals surface area (Å²) in [5.74, 6) is 0. The van der Waals surface area contributed by atoms with Crippen LogP contribution in [0.3, 0.4) is 0 Å². The molecule has 1 aliphatic carbocycles. The SMILES string of the molecule is Brc1cncc(NCc2cc3c(s2)CCC3)c1. The van der Waals surface area contributed by atoms with Crippen LogP contribution in [0.2, 0.25) is 0 Å². The Kier molecular flexibility index (Phi) is 3.16. The standard InChI is InChI=1S/C13H13BrN2S/c14-10-5-11(7-15-6-10)16-8-12-4-9-2-1-3-13(9)17-12/h4-7,16H,1-3,8H2. The molecule has 0 fully saturated rings. The second-order valence-electron chi connectivity index (χ2n) is 4.26. The molecule has 0 saturated heterocycles. The minimum Gasteiger partial charge on any atom is -0.379 e. The number of aromatic nitrogens is 1. The van der Waals surface area contributed by atoms with E-state index in [4.69, 9.17) is 0 Å². The average molecular weight is 309 g/mol. The Bertz CT molecular complexity index is 514. The van der Waals surface area contributed by atoms with Gasteiger partial charge in [-0.25, -0.2) is 0 Å². The molecule has 0 saturated carbocycles. The number of fused-ring (bicyclic) bond motifs is 1. The predicted octanol–water partition coefficient (Wildman–Crippen LogP) is 4.01. The lowest BCUT2D eigenvalue weighted by atomic mass is 10.2. The summed E-state index contributed by atoms with van der Waals surface area (Å²) >= 11 is 5.38. The molecule has 17 heavy (non-hydrogen) atoms. The molecule has 2 aromatic rings. The predicted molar refractivity (Wildman–Crippen MR) is 75.6 cm³/mol. The van der Waals surface area contributed by atoms with Crippen LogP contribution in [-0.4, -0.2) is 4.98 Å². The highest BCUT2D eigenvalue weighted by Crippen LogP contribution is 2.31. The van der Waals surface area contributed by atoms with E-state index in [1.807, 2.05) is 23.6 Å². The maximum absolute atomic E-state index is 4.14. The molecule has 0 amide bonds. The summed E-state index contributed by atoms with van der Waals surface area (Å²) in [5, 5.41) is 3.41. The van der Waals surface area contributed by atoms with E-state index in [1.54, 1.807) is 16.6 Å². The lowest BCUT2D eigenvalue weighted by molar-refractivity contribution is 0.913. The quantitative estimate of drug-likeness (QED) is 0.927. The molecular formula is C13H13BrN2S. The van der Waals surface area contributed by atoms with E-state index in [0.717, 1.165) is 16.7 Å². The van der Waals surface area contributed by atoms with Gasteiger partial charge in [0.2, 0.25) is 0 Å². The first-order chi connectivity index (χ1) is 8.31. The molecule has 2 nitrogen and oxygen atoms in total. The van der Waals surface area contributed by atoms with Gasteiger partial charge in [-0.15, -0.1) is 11.3 Å². The molecule has 4 heteroatoms. The summed E-state index contributed by atoms with van der Waals surface area (Å²) in [6.07, 6.45) is 7.53. The molecule has 0 atom stereocenters. The van der Waals surface area contributed by atoms with Gasteiger partial charge in [0.1, 0.15) is 0 Å². The monoisotopic (exact) mass is 308 g/mol. The zero-order valence-corrected chi connectivity index (χ0v) is 11.8. The van der Waals surface area contributed by atoms with Crippen molar-refractivity contribution in [2.75, 3.05) is 5.32 Å². The van der Waals surface area contributed by atoms with Crippen LogP contribution < -0.4 is 5.32 Å². The second-order valence-corrected chi connectivity index (χ2v) is 6.40. The fourth-order valence-electron chi connectivity index (χ4n) is 2.18. The fourth-order valence-corrected chi connectivity index (χ4v) is 3.74. The van der Waals surface area contributed by atoms with Crippen LogP contribution in [0, 0.1) is 0 Å².